The third-order valence-corrected chi connectivity index (χ3v) is 5.63. The molecule has 0 aliphatic carbocycles. The quantitative estimate of drug-likeness (QED) is 0.416. The number of nitro groups is 1. The average Bonchev–Trinajstić information content (AvgIpc) is 2.84. The molecule has 0 saturated heterocycles. The van der Waals surface area contributed by atoms with Crippen LogP contribution in [-0.4, -0.2) is 20.8 Å². The van der Waals surface area contributed by atoms with Crippen LogP contribution in [0.2, 0.25) is 0 Å². The number of anilines is 1. The molecule has 0 fully saturated rings. The van der Waals surface area contributed by atoms with E-state index < -0.39 is 9.79 Å². The number of nitriles is 2. The van der Waals surface area contributed by atoms with Crippen LogP contribution in [0.15, 0.2) is 94.9 Å². The lowest BCUT2D eigenvalue weighted by Gasteiger charge is -2.38. The standard InChI is InChI=1S/C23H14N6O2S/c24-15-23(16-25)28(19-11-13-20(14-12-19)29(30)31)21(17-7-3-1-4-8-17)27-22(32-23)26-18-9-5-2-6-10-18/h1-14H. The van der Waals surface area contributed by atoms with Crippen LogP contribution in [-0.2, 0) is 0 Å². The Balaban J connectivity index is 1.93. The molecular weight excluding hydrogens is 424 g/mol. The lowest BCUT2D eigenvalue weighted by Crippen LogP contribution is -2.52. The van der Waals surface area contributed by atoms with Gasteiger partial charge < -0.3 is 0 Å². The number of nitrogens with zero attached hydrogens (tertiary/aromatic N) is 6. The Hall–Kier alpha value is -4.47. The van der Waals surface area contributed by atoms with Crippen molar-refractivity contribution in [3.8, 4) is 12.1 Å². The predicted molar refractivity (Wildman–Crippen MR) is 124 cm³/mol. The van der Waals surface area contributed by atoms with E-state index in [1.54, 1.807) is 12.1 Å². The minimum atomic E-state index is -1.73. The molecule has 0 bridgehead atoms. The second-order valence-corrected chi connectivity index (χ2v) is 7.77. The van der Waals surface area contributed by atoms with Crippen LogP contribution in [0.3, 0.4) is 0 Å². The molecule has 8 nitrogen and oxygen atoms in total. The Morgan fingerprint density at radius 1 is 0.938 bits per heavy atom. The maximum absolute atomic E-state index is 11.1. The summed E-state index contributed by atoms with van der Waals surface area (Å²) in [6.45, 7) is 0. The SMILES string of the molecule is N#CC1(C#N)SC(=Nc2ccccc2)N=C(c2ccccc2)N1c1ccc([N+](=O)[O-])cc1. The van der Waals surface area contributed by atoms with Gasteiger partial charge in [-0.25, -0.2) is 9.98 Å². The normalized spacial score (nSPS) is 16.0. The lowest BCUT2D eigenvalue weighted by atomic mass is 10.1. The molecule has 0 N–H and O–H groups in total. The van der Waals surface area contributed by atoms with Crippen LogP contribution >= 0.6 is 11.8 Å². The first-order valence-electron chi connectivity index (χ1n) is 9.40. The average molecular weight is 438 g/mol. The minimum Gasteiger partial charge on any atom is -0.286 e. The number of aliphatic imine (C=N–C) groups is 2. The van der Waals surface area contributed by atoms with Crippen molar-refractivity contribution in [2.75, 3.05) is 4.90 Å². The number of non-ortho nitro benzene ring substituents is 1. The largest absolute Gasteiger partial charge is 0.286 e. The van der Waals surface area contributed by atoms with E-state index in [-0.39, 0.29) is 10.9 Å². The van der Waals surface area contributed by atoms with Gasteiger partial charge in [-0.3, -0.25) is 15.0 Å². The fraction of sp³-hybridized carbons (Fsp3) is 0.0435. The molecule has 4 rings (SSSR count). The van der Waals surface area contributed by atoms with Crippen molar-refractivity contribution >= 4 is 39.8 Å². The summed E-state index contributed by atoms with van der Waals surface area (Å²) in [4.78, 5) is 19.5. The number of para-hydroxylation sites is 1. The number of benzene rings is 3. The molecule has 0 saturated carbocycles. The Bertz CT molecular complexity index is 1280. The third kappa shape index (κ3) is 3.93. The Kier molecular flexibility index (Phi) is 5.67. The molecule has 32 heavy (non-hydrogen) atoms. The summed E-state index contributed by atoms with van der Waals surface area (Å²) in [5, 5.41) is 31.6. The lowest BCUT2D eigenvalue weighted by molar-refractivity contribution is -0.384. The molecule has 0 aromatic heterocycles. The Morgan fingerprint density at radius 2 is 1.53 bits per heavy atom. The van der Waals surface area contributed by atoms with Crippen LogP contribution in [0.1, 0.15) is 5.56 Å². The highest BCUT2D eigenvalue weighted by molar-refractivity contribution is 8.15. The minimum absolute atomic E-state index is 0.0949. The first-order valence-corrected chi connectivity index (χ1v) is 10.2. The number of thioether (sulfide) groups is 1. The zero-order valence-electron chi connectivity index (χ0n) is 16.5. The highest BCUT2D eigenvalue weighted by atomic mass is 32.2. The van der Waals surface area contributed by atoms with Gasteiger partial charge >= 0.3 is 0 Å². The Labute approximate surface area is 187 Å². The first-order chi connectivity index (χ1) is 15.6. The van der Waals surface area contributed by atoms with Crippen molar-refractivity contribution in [2.45, 2.75) is 4.87 Å². The monoisotopic (exact) mass is 438 g/mol. The van der Waals surface area contributed by atoms with Crippen LogP contribution in [0.5, 0.6) is 0 Å². The van der Waals surface area contributed by atoms with E-state index in [9.17, 15) is 20.6 Å². The van der Waals surface area contributed by atoms with Crippen LogP contribution in [0, 0.1) is 32.8 Å². The van der Waals surface area contributed by atoms with Gasteiger partial charge in [-0.1, -0.05) is 48.5 Å². The maximum Gasteiger partial charge on any atom is 0.274 e. The fourth-order valence-electron chi connectivity index (χ4n) is 3.13. The second kappa shape index (κ2) is 8.72. The van der Waals surface area contributed by atoms with Gasteiger partial charge in [0, 0.05) is 23.4 Å². The topological polar surface area (TPSA) is 119 Å². The molecule has 1 aliphatic heterocycles. The summed E-state index contributed by atoms with van der Waals surface area (Å²) in [5.74, 6) is 0.344. The predicted octanol–water partition coefficient (Wildman–Crippen LogP) is 5.03. The van der Waals surface area contributed by atoms with E-state index in [1.807, 2.05) is 48.5 Å². The molecular formula is C23H14N6O2S. The summed E-state index contributed by atoms with van der Waals surface area (Å²) in [6, 6.07) is 28.1. The van der Waals surface area contributed by atoms with E-state index in [0.717, 1.165) is 11.8 Å². The van der Waals surface area contributed by atoms with E-state index in [4.69, 9.17) is 0 Å². The summed E-state index contributed by atoms with van der Waals surface area (Å²) < 4.78 is 0. The number of hydrogen-bond acceptors (Lipinski definition) is 7. The zero-order chi connectivity index (χ0) is 22.6. The van der Waals surface area contributed by atoms with E-state index >= 15 is 0 Å². The molecule has 0 unspecified atom stereocenters. The van der Waals surface area contributed by atoms with Gasteiger partial charge in [0.2, 0.25) is 0 Å². The van der Waals surface area contributed by atoms with Gasteiger partial charge in [0.05, 0.1) is 10.6 Å². The highest BCUT2D eigenvalue weighted by Crippen LogP contribution is 2.40. The van der Waals surface area contributed by atoms with Crippen LogP contribution in [0.4, 0.5) is 17.1 Å². The molecule has 1 aliphatic rings. The van der Waals surface area contributed by atoms with Crippen molar-refractivity contribution in [1.29, 1.82) is 10.5 Å². The van der Waals surface area contributed by atoms with E-state index in [1.165, 1.54) is 29.2 Å². The van der Waals surface area contributed by atoms with Crippen LogP contribution < -0.4 is 4.90 Å². The van der Waals surface area contributed by atoms with Gasteiger partial charge in [0.25, 0.3) is 10.6 Å². The zero-order valence-corrected chi connectivity index (χ0v) is 17.3. The van der Waals surface area contributed by atoms with Crippen LogP contribution in [0.25, 0.3) is 0 Å². The fourth-order valence-corrected chi connectivity index (χ4v) is 4.05. The molecule has 0 atom stereocenters. The second-order valence-electron chi connectivity index (χ2n) is 6.61. The van der Waals surface area contributed by atoms with Gasteiger partial charge in [-0.15, -0.1) is 0 Å². The molecule has 9 heteroatoms. The smallest absolute Gasteiger partial charge is 0.274 e. The highest BCUT2D eigenvalue weighted by Gasteiger charge is 2.47. The van der Waals surface area contributed by atoms with E-state index in [2.05, 4.69) is 22.1 Å². The van der Waals surface area contributed by atoms with E-state index in [0.29, 0.717) is 22.8 Å². The van der Waals surface area contributed by atoms with Crippen molar-refractivity contribution in [2.24, 2.45) is 9.98 Å². The molecule has 0 radical (unpaired) electrons. The molecule has 3 aromatic carbocycles. The summed E-state index contributed by atoms with van der Waals surface area (Å²) in [6.07, 6.45) is 0. The van der Waals surface area contributed by atoms with Gasteiger partial charge in [-0.05, 0) is 36.0 Å². The van der Waals surface area contributed by atoms with Crippen molar-refractivity contribution in [1.82, 2.24) is 0 Å². The number of rotatable bonds is 4. The molecule has 3 aromatic rings. The Morgan fingerprint density at radius 3 is 2.09 bits per heavy atom. The van der Waals surface area contributed by atoms with Crippen molar-refractivity contribution in [3.63, 3.8) is 0 Å². The molecule has 1 heterocycles. The van der Waals surface area contributed by atoms with Crippen molar-refractivity contribution < 1.29 is 4.92 Å². The number of hydrogen-bond donors (Lipinski definition) is 0. The molecule has 154 valence electrons. The number of amidine groups is 2. The maximum atomic E-state index is 11.1. The first kappa shape index (κ1) is 20.8. The summed E-state index contributed by atoms with van der Waals surface area (Å²) >= 11 is 0.918. The number of nitro benzene ring substituents is 1. The third-order valence-electron chi connectivity index (χ3n) is 4.60. The summed E-state index contributed by atoms with van der Waals surface area (Å²) in [7, 11) is 0. The molecule has 0 amide bonds. The van der Waals surface area contributed by atoms with Gasteiger partial charge in [-0.2, -0.15) is 10.5 Å². The van der Waals surface area contributed by atoms with Crippen molar-refractivity contribution in [3.05, 3.63) is 101 Å². The van der Waals surface area contributed by atoms with Gasteiger partial charge in [0.1, 0.15) is 18.0 Å². The molecule has 0 spiro atoms. The summed E-state index contributed by atoms with van der Waals surface area (Å²) in [5.41, 5.74) is 1.64. The van der Waals surface area contributed by atoms with Gasteiger partial charge in [0.15, 0.2) is 5.17 Å².